The highest BCUT2D eigenvalue weighted by Crippen LogP contribution is 2.16. The van der Waals surface area contributed by atoms with Gasteiger partial charge in [0.2, 0.25) is 17.1 Å². The molecule has 1 fully saturated rings. The Morgan fingerprint density at radius 2 is 1.88 bits per heavy atom. The van der Waals surface area contributed by atoms with Crippen LogP contribution in [0.3, 0.4) is 0 Å². The maximum absolute atomic E-state index is 12.4. The number of methoxy groups -OCH3 is 1. The number of amides is 1. The molecule has 0 saturated carbocycles. The predicted octanol–water partition coefficient (Wildman–Crippen LogP) is 2.25. The molecule has 1 saturated heterocycles. The molecule has 1 aliphatic rings. The lowest BCUT2D eigenvalue weighted by Crippen LogP contribution is -2.49. The molecule has 1 aliphatic heterocycles. The highest BCUT2D eigenvalue weighted by molar-refractivity contribution is 7.98. The third-order valence-electron chi connectivity index (χ3n) is 5.17. The monoisotopic (exact) mass is 462 g/mol. The highest BCUT2D eigenvalue weighted by atomic mass is 32.2. The molecule has 0 radical (unpaired) electrons. The van der Waals surface area contributed by atoms with Crippen LogP contribution >= 0.6 is 11.8 Å². The van der Waals surface area contributed by atoms with Gasteiger partial charge in [0.15, 0.2) is 0 Å². The van der Waals surface area contributed by atoms with Gasteiger partial charge in [0.25, 0.3) is 0 Å². The maximum atomic E-state index is 12.4. The van der Waals surface area contributed by atoms with Gasteiger partial charge in [-0.3, -0.25) is 14.5 Å². The van der Waals surface area contributed by atoms with Crippen molar-refractivity contribution in [1.29, 1.82) is 0 Å². The molecule has 3 rings (SSSR count). The molecule has 174 valence electrons. The van der Waals surface area contributed by atoms with Crippen molar-refractivity contribution in [3.05, 3.63) is 58.1 Å². The molecule has 2 aromatic rings. The van der Waals surface area contributed by atoms with Crippen molar-refractivity contribution in [2.45, 2.75) is 18.0 Å². The van der Waals surface area contributed by atoms with Gasteiger partial charge in [0, 0.05) is 44.3 Å². The highest BCUT2D eigenvalue weighted by Gasteiger charge is 2.21. The summed E-state index contributed by atoms with van der Waals surface area (Å²) in [5.41, 5.74) is 0.789. The summed E-state index contributed by atoms with van der Waals surface area (Å²) in [6.45, 7) is 4.42. The second-order valence-corrected chi connectivity index (χ2v) is 8.29. The van der Waals surface area contributed by atoms with Gasteiger partial charge in [-0.2, -0.15) is 0 Å². The molecule has 0 N–H and O–H groups in total. The van der Waals surface area contributed by atoms with Gasteiger partial charge >= 0.3 is 0 Å². The van der Waals surface area contributed by atoms with E-state index in [2.05, 4.69) is 4.90 Å². The number of hydrogen-bond donors (Lipinski definition) is 0. The first-order valence-corrected chi connectivity index (χ1v) is 11.8. The zero-order chi connectivity index (χ0) is 22.8. The standard InChI is InChI=1S/C23H30N2O6S/c1-28-11-12-29-17-23(27)25-9-7-24(8-10-25)14-19-13-21(26)22(16-30-19)31-15-18-3-5-20(32-2)6-4-18/h3-6,13,16H,7-12,14-15,17H2,1-2H3. The summed E-state index contributed by atoms with van der Waals surface area (Å²) in [4.78, 5) is 29.7. The summed E-state index contributed by atoms with van der Waals surface area (Å²) in [6, 6.07) is 9.50. The molecule has 32 heavy (non-hydrogen) atoms. The third kappa shape index (κ3) is 7.37. The lowest BCUT2D eigenvalue weighted by molar-refractivity contribution is -0.138. The number of thioether (sulfide) groups is 1. The number of hydrogen-bond acceptors (Lipinski definition) is 8. The fourth-order valence-electron chi connectivity index (χ4n) is 3.28. The predicted molar refractivity (Wildman–Crippen MR) is 122 cm³/mol. The van der Waals surface area contributed by atoms with Crippen LogP contribution in [0.5, 0.6) is 5.75 Å². The quantitative estimate of drug-likeness (QED) is 0.372. The molecule has 8 nitrogen and oxygen atoms in total. The topological polar surface area (TPSA) is 81.5 Å². The van der Waals surface area contributed by atoms with Crippen molar-refractivity contribution in [2.24, 2.45) is 0 Å². The van der Waals surface area contributed by atoms with Crippen LogP contribution in [0.25, 0.3) is 0 Å². The minimum atomic E-state index is -0.200. The van der Waals surface area contributed by atoms with E-state index in [1.54, 1.807) is 23.8 Å². The van der Waals surface area contributed by atoms with E-state index in [9.17, 15) is 9.59 Å². The van der Waals surface area contributed by atoms with E-state index in [-0.39, 0.29) is 23.7 Å². The van der Waals surface area contributed by atoms with Gasteiger partial charge in [0.1, 0.15) is 25.2 Å². The zero-order valence-electron chi connectivity index (χ0n) is 18.6. The fraction of sp³-hybridized carbons (Fsp3) is 0.478. The summed E-state index contributed by atoms with van der Waals surface area (Å²) in [5.74, 6) is 0.762. The Labute approximate surface area is 192 Å². The molecule has 0 spiro atoms. The van der Waals surface area contributed by atoms with Gasteiger partial charge in [0.05, 0.1) is 19.8 Å². The number of carbonyl (C=O) groups excluding carboxylic acids is 1. The van der Waals surface area contributed by atoms with E-state index in [4.69, 9.17) is 18.6 Å². The van der Waals surface area contributed by atoms with Crippen molar-refractivity contribution in [2.75, 3.05) is 59.4 Å². The first-order chi connectivity index (χ1) is 15.6. The molecule has 9 heteroatoms. The number of rotatable bonds is 11. The Kier molecular flexibility index (Phi) is 9.61. The smallest absolute Gasteiger partial charge is 0.248 e. The van der Waals surface area contributed by atoms with E-state index < -0.39 is 0 Å². The number of ether oxygens (including phenoxy) is 3. The maximum Gasteiger partial charge on any atom is 0.248 e. The Morgan fingerprint density at radius 1 is 1.12 bits per heavy atom. The zero-order valence-corrected chi connectivity index (χ0v) is 19.4. The Hall–Kier alpha value is -2.33. The SMILES string of the molecule is COCCOCC(=O)N1CCN(Cc2cc(=O)c(OCc3ccc(SC)cc3)co2)CC1. The van der Waals surface area contributed by atoms with Crippen molar-refractivity contribution < 1.29 is 23.4 Å². The van der Waals surface area contributed by atoms with E-state index in [1.165, 1.54) is 17.2 Å². The van der Waals surface area contributed by atoms with Crippen LogP contribution in [0.4, 0.5) is 0 Å². The Morgan fingerprint density at radius 3 is 2.53 bits per heavy atom. The molecule has 0 bridgehead atoms. The molecule has 1 aromatic heterocycles. The molecular weight excluding hydrogens is 432 g/mol. The number of carbonyl (C=O) groups is 1. The van der Waals surface area contributed by atoms with Crippen LogP contribution in [0, 0.1) is 0 Å². The van der Waals surface area contributed by atoms with Crippen LogP contribution < -0.4 is 10.2 Å². The van der Waals surface area contributed by atoms with Crippen LogP contribution in [-0.4, -0.2) is 75.1 Å². The summed E-state index contributed by atoms with van der Waals surface area (Å²) < 4.78 is 21.5. The lowest BCUT2D eigenvalue weighted by atomic mass is 10.2. The van der Waals surface area contributed by atoms with Gasteiger partial charge in [-0.25, -0.2) is 0 Å². The van der Waals surface area contributed by atoms with E-state index in [0.717, 1.165) is 5.56 Å². The van der Waals surface area contributed by atoms with Crippen LogP contribution in [0.1, 0.15) is 11.3 Å². The lowest BCUT2D eigenvalue weighted by Gasteiger charge is -2.34. The number of piperazine rings is 1. The second-order valence-electron chi connectivity index (χ2n) is 7.41. The van der Waals surface area contributed by atoms with Gasteiger partial charge in [-0.1, -0.05) is 12.1 Å². The Bertz CT molecular complexity index is 909. The second kappa shape index (κ2) is 12.6. The van der Waals surface area contributed by atoms with Crippen LogP contribution in [-0.2, 0) is 27.4 Å². The fourth-order valence-corrected chi connectivity index (χ4v) is 3.69. The van der Waals surface area contributed by atoms with Crippen LogP contribution in [0.2, 0.25) is 0 Å². The van der Waals surface area contributed by atoms with Crippen molar-refractivity contribution >= 4 is 17.7 Å². The molecule has 2 heterocycles. The summed E-state index contributed by atoms with van der Waals surface area (Å²) >= 11 is 1.68. The van der Waals surface area contributed by atoms with E-state index in [0.29, 0.717) is 58.3 Å². The normalized spacial score (nSPS) is 14.5. The summed E-state index contributed by atoms with van der Waals surface area (Å²) in [6.07, 6.45) is 3.41. The first-order valence-electron chi connectivity index (χ1n) is 10.5. The molecule has 0 aliphatic carbocycles. The van der Waals surface area contributed by atoms with E-state index >= 15 is 0 Å². The largest absolute Gasteiger partial charge is 0.482 e. The van der Waals surface area contributed by atoms with Gasteiger partial charge in [-0.15, -0.1) is 11.8 Å². The molecule has 1 aromatic carbocycles. The average Bonchev–Trinajstić information content (AvgIpc) is 2.82. The minimum Gasteiger partial charge on any atom is -0.482 e. The third-order valence-corrected chi connectivity index (χ3v) is 5.91. The first kappa shape index (κ1) is 24.3. The van der Waals surface area contributed by atoms with Crippen LogP contribution in [0.15, 0.2) is 50.7 Å². The average molecular weight is 463 g/mol. The van der Waals surface area contributed by atoms with Crippen molar-refractivity contribution in [3.63, 3.8) is 0 Å². The van der Waals surface area contributed by atoms with E-state index in [1.807, 2.05) is 30.5 Å². The van der Waals surface area contributed by atoms with Gasteiger partial charge < -0.3 is 23.5 Å². The molecule has 0 unspecified atom stereocenters. The van der Waals surface area contributed by atoms with Crippen molar-refractivity contribution in [3.8, 4) is 5.75 Å². The number of nitrogens with zero attached hydrogens (tertiary/aromatic N) is 2. The summed E-state index contributed by atoms with van der Waals surface area (Å²) in [5, 5.41) is 0. The Balaban J connectivity index is 1.43. The summed E-state index contributed by atoms with van der Waals surface area (Å²) in [7, 11) is 1.60. The number of benzene rings is 1. The molecule has 1 amide bonds. The van der Waals surface area contributed by atoms with Gasteiger partial charge in [-0.05, 0) is 24.0 Å². The molecule has 0 atom stereocenters. The van der Waals surface area contributed by atoms with Crippen molar-refractivity contribution in [1.82, 2.24) is 9.80 Å². The molecular formula is C23H30N2O6S. The minimum absolute atomic E-state index is 0.0168.